The van der Waals surface area contributed by atoms with Gasteiger partial charge in [0.05, 0.1) is 4.90 Å². The zero-order valence-corrected chi connectivity index (χ0v) is 20.6. The molecule has 0 atom stereocenters. The highest BCUT2D eigenvalue weighted by atomic mass is 32.2. The summed E-state index contributed by atoms with van der Waals surface area (Å²) in [5.74, 6) is 0.570. The van der Waals surface area contributed by atoms with Crippen molar-refractivity contribution in [2.75, 3.05) is 13.1 Å². The maximum Gasteiger partial charge on any atom is 0.263 e. The molecule has 3 aromatic carbocycles. The van der Waals surface area contributed by atoms with Gasteiger partial charge in [-0.25, -0.2) is 8.42 Å². The predicted octanol–water partition coefficient (Wildman–Crippen LogP) is 4.56. The molecule has 182 valence electrons. The van der Waals surface area contributed by atoms with Crippen molar-refractivity contribution in [2.24, 2.45) is 4.99 Å². The molecule has 3 aromatic rings. The Morgan fingerprint density at radius 1 is 0.800 bits per heavy atom. The van der Waals surface area contributed by atoms with Crippen molar-refractivity contribution in [1.29, 1.82) is 0 Å². The Morgan fingerprint density at radius 3 is 2.20 bits per heavy atom. The molecule has 0 saturated carbocycles. The van der Waals surface area contributed by atoms with E-state index in [1.54, 1.807) is 18.2 Å². The molecule has 35 heavy (non-hydrogen) atoms. The highest BCUT2D eigenvalue weighted by Gasteiger charge is 2.29. The molecule has 0 saturated heterocycles. The normalized spacial score (nSPS) is 14.9. The van der Waals surface area contributed by atoms with Crippen LogP contribution in [0.15, 0.2) is 94.8 Å². The second-order valence-corrected chi connectivity index (χ2v) is 10.3. The molecule has 0 radical (unpaired) electrons. The Labute approximate surface area is 207 Å². The second-order valence-electron chi connectivity index (χ2n) is 8.68. The van der Waals surface area contributed by atoms with Crippen LogP contribution < -0.4 is 4.72 Å². The number of carbonyl (C=O) groups excluding carboxylic acids is 1. The number of nitrogens with one attached hydrogen (secondary N) is 1. The van der Waals surface area contributed by atoms with E-state index in [9.17, 15) is 13.2 Å². The third-order valence-electron chi connectivity index (χ3n) is 6.06. The van der Waals surface area contributed by atoms with Crippen LogP contribution in [0.2, 0.25) is 0 Å². The molecule has 7 heteroatoms. The second kappa shape index (κ2) is 11.8. The van der Waals surface area contributed by atoms with E-state index >= 15 is 0 Å². The van der Waals surface area contributed by atoms with Crippen LogP contribution in [-0.2, 0) is 27.8 Å². The van der Waals surface area contributed by atoms with Crippen LogP contribution in [0.5, 0.6) is 0 Å². The monoisotopic (exact) mass is 489 g/mol. The number of amidine groups is 1. The van der Waals surface area contributed by atoms with Crippen LogP contribution in [0.3, 0.4) is 0 Å². The number of amides is 1. The van der Waals surface area contributed by atoms with Crippen molar-refractivity contribution in [3.63, 3.8) is 0 Å². The van der Waals surface area contributed by atoms with Gasteiger partial charge in [-0.05, 0) is 42.5 Å². The topological polar surface area (TPSA) is 78.8 Å². The third kappa shape index (κ3) is 6.79. The van der Waals surface area contributed by atoms with E-state index in [0.717, 1.165) is 31.2 Å². The van der Waals surface area contributed by atoms with Crippen molar-refractivity contribution in [3.05, 3.63) is 102 Å². The van der Waals surface area contributed by atoms with Gasteiger partial charge in [-0.15, -0.1) is 0 Å². The summed E-state index contributed by atoms with van der Waals surface area (Å²) in [5, 5.41) is 0. The summed E-state index contributed by atoms with van der Waals surface area (Å²) in [5.41, 5.74) is 2.98. The lowest BCUT2D eigenvalue weighted by Gasteiger charge is -2.23. The third-order valence-corrected chi connectivity index (χ3v) is 7.46. The lowest BCUT2D eigenvalue weighted by atomic mass is 10.1. The number of carbonyl (C=O) groups is 1. The van der Waals surface area contributed by atoms with Crippen LogP contribution in [0, 0.1) is 0 Å². The minimum absolute atomic E-state index is 0.161. The van der Waals surface area contributed by atoms with Gasteiger partial charge in [-0.2, -0.15) is 0 Å². The van der Waals surface area contributed by atoms with Crippen molar-refractivity contribution < 1.29 is 13.2 Å². The smallest absolute Gasteiger partial charge is 0.263 e. The quantitative estimate of drug-likeness (QED) is 0.401. The average Bonchev–Trinajstić information content (AvgIpc) is 3.15. The van der Waals surface area contributed by atoms with Crippen LogP contribution >= 0.6 is 0 Å². The number of unbranched alkanes of at least 4 members (excludes halogenated alkanes) is 2. The number of hydrogen-bond donors (Lipinski definition) is 1. The summed E-state index contributed by atoms with van der Waals surface area (Å²) in [6.45, 7) is 1.81. The summed E-state index contributed by atoms with van der Waals surface area (Å²) in [7, 11) is -3.51. The van der Waals surface area contributed by atoms with Crippen LogP contribution in [0.1, 0.15) is 42.4 Å². The maximum atomic E-state index is 13.0. The summed E-state index contributed by atoms with van der Waals surface area (Å²) in [6, 6.07) is 27.2. The van der Waals surface area contributed by atoms with Gasteiger partial charge < -0.3 is 4.90 Å². The molecule has 0 spiro atoms. The molecule has 1 aliphatic rings. The Morgan fingerprint density at radius 2 is 1.46 bits per heavy atom. The molecule has 1 heterocycles. The molecule has 6 nitrogen and oxygen atoms in total. The summed E-state index contributed by atoms with van der Waals surface area (Å²) in [4.78, 5) is 19.7. The maximum absolute atomic E-state index is 13.0. The number of aliphatic imine (C=N–C) groups is 1. The number of nitrogens with zero attached hydrogens (tertiary/aromatic N) is 2. The molecule has 0 aromatic heterocycles. The van der Waals surface area contributed by atoms with Crippen molar-refractivity contribution in [1.82, 2.24) is 9.62 Å². The first-order valence-electron chi connectivity index (χ1n) is 12.1. The lowest BCUT2D eigenvalue weighted by molar-refractivity contribution is -0.131. The van der Waals surface area contributed by atoms with E-state index in [0.29, 0.717) is 37.5 Å². The van der Waals surface area contributed by atoms with Gasteiger partial charge in [-0.3, -0.25) is 14.5 Å². The SMILES string of the molecule is O=C(CCCCCN=C1NS(=O)(=O)c2ccccc21)N(CCc1ccccc1)Cc1ccccc1. The number of hydrogen-bond acceptors (Lipinski definition) is 4. The Hall–Kier alpha value is -3.45. The van der Waals surface area contributed by atoms with Gasteiger partial charge >= 0.3 is 0 Å². The summed E-state index contributed by atoms with van der Waals surface area (Å²) >= 11 is 0. The Kier molecular flexibility index (Phi) is 8.32. The van der Waals surface area contributed by atoms with Gasteiger partial charge in [0.2, 0.25) is 5.91 Å². The first kappa shape index (κ1) is 24.7. The lowest BCUT2D eigenvalue weighted by Crippen LogP contribution is -2.32. The van der Waals surface area contributed by atoms with Gasteiger partial charge in [0.25, 0.3) is 10.0 Å². The van der Waals surface area contributed by atoms with E-state index in [1.165, 1.54) is 5.56 Å². The first-order valence-corrected chi connectivity index (χ1v) is 13.5. The molecular formula is C28H31N3O3S. The van der Waals surface area contributed by atoms with Gasteiger partial charge in [0, 0.05) is 31.6 Å². The van der Waals surface area contributed by atoms with E-state index in [2.05, 4.69) is 34.0 Å². The fourth-order valence-corrected chi connectivity index (χ4v) is 5.42. The van der Waals surface area contributed by atoms with E-state index in [1.807, 2.05) is 47.4 Å². The van der Waals surface area contributed by atoms with E-state index in [4.69, 9.17) is 0 Å². The van der Waals surface area contributed by atoms with Gasteiger partial charge in [-0.1, -0.05) is 79.2 Å². The molecular weight excluding hydrogens is 458 g/mol. The van der Waals surface area contributed by atoms with Gasteiger partial charge in [0.1, 0.15) is 5.84 Å². The van der Waals surface area contributed by atoms with E-state index in [-0.39, 0.29) is 10.8 Å². The minimum atomic E-state index is -3.51. The predicted molar refractivity (Wildman–Crippen MR) is 139 cm³/mol. The number of benzene rings is 3. The molecule has 1 amide bonds. The van der Waals surface area contributed by atoms with Crippen molar-refractivity contribution in [2.45, 2.75) is 43.5 Å². The molecule has 4 rings (SSSR count). The highest BCUT2D eigenvalue weighted by molar-refractivity contribution is 7.90. The standard InChI is InChI=1S/C28H31N3O3S/c32-27(31(22-24-14-6-2-7-15-24)21-19-23-12-4-1-5-13-23)18-8-3-11-20-29-28-25-16-9-10-17-26(25)35(33,34)30-28/h1-2,4-7,9-10,12-17H,3,8,11,18-22H2,(H,29,30). The Balaban J connectivity index is 1.26. The number of sulfonamides is 1. The molecule has 0 bridgehead atoms. The van der Waals surface area contributed by atoms with Crippen molar-refractivity contribution >= 4 is 21.8 Å². The average molecular weight is 490 g/mol. The van der Waals surface area contributed by atoms with E-state index < -0.39 is 10.0 Å². The first-order chi connectivity index (χ1) is 17.0. The van der Waals surface area contributed by atoms with Crippen molar-refractivity contribution in [3.8, 4) is 0 Å². The zero-order chi connectivity index (χ0) is 24.5. The van der Waals surface area contributed by atoms with Crippen LogP contribution in [-0.4, -0.2) is 38.2 Å². The highest BCUT2D eigenvalue weighted by Crippen LogP contribution is 2.22. The fraction of sp³-hybridized carbons (Fsp3) is 0.286. The fourth-order valence-electron chi connectivity index (χ4n) is 4.17. The summed E-state index contributed by atoms with van der Waals surface area (Å²) in [6.07, 6.45) is 3.75. The molecule has 1 aliphatic heterocycles. The largest absolute Gasteiger partial charge is 0.338 e. The number of fused-ring (bicyclic) bond motifs is 1. The molecule has 1 N–H and O–H groups in total. The molecule has 0 aliphatic carbocycles. The molecule has 0 fully saturated rings. The molecule has 0 unspecified atom stereocenters. The Bertz CT molecular complexity index is 1260. The van der Waals surface area contributed by atoms with Crippen LogP contribution in [0.4, 0.5) is 0 Å². The minimum Gasteiger partial charge on any atom is -0.338 e. The van der Waals surface area contributed by atoms with Crippen LogP contribution in [0.25, 0.3) is 0 Å². The zero-order valence-electron chi connectivity index (χ0n) is 19.8. The van der Waals surface area contributed by atoms with Gasteiger partial charge in [0.15, 0.2) is 0 Å². The summed E-state index contributed by atoms with van der Waals surface area (Å²) < 4.78 is 26.9. The number of rotatable bonds is 11.